The van der Waals surface area contributed by atoms with Crippen molar-refractivity contribution in [2.75, 3.05) is 13.7 Å². The van der Waals surface area contributed by atoms with Gasteiger partial charge in [-0.3, -0.25) is 0 Å². The number of hydrogen-bond donors (Lipinski definition) is 0. The van der Waals surface area contributed by atoms with Crippen molar-refractivity contribution in [1.82, 2.24) is 4.98 Å². The summed E-state index contributed by atoms with van der Waals surface area (Å²) in [6, 6.07) is 6.56. The number of hydrogen-bond acceptors (Lipinski definition) is 5. The van der Waals surface area contributed by atoms with Crippen LogP contribution in [0.25, 0.3) is 11.1 Å². The second-order valence-corrected chi connectivity index (χ2v) is 6.93. The van der Waals surface area contributed by atoms with Gasteiger partial charge in [-0.25, -0.2) is 14.2 Å². The average Bonchev–Trinajstić information content (AvgIpc) is 2.75. The lowest BCUT2D eigenvalue weighted by molar-refractivity contribution is -0.105. The molecule has 2 unspecified atom stereocenters. The van der Waals surface area contributed by atoms with Gasteiger partial charge in [-0.15, -0.1) is 9.24 Å². The van der Waals surface area contributed by atoms with E-state index in [0.717, 1.165) is 30.8 Å². The van der Waals surface area contributed by atoms with Gasteiger partial charge in [0.1, 0.15) is 5.82 Å². The van der Waals surface area contributed by atoms with Crippen molar-refractivity contribution >= 4 is 20.5 Å². The standard InChI is InChI=1S/C18H19FNO3P.C2H4F2O.C2H6/c1-3-22-18(21)16-9-14(12-7-5-11(24)8-15(12)19)13-6-4-10(2)23-17(13)20-16;1-5-2(3)4;1-2/h5,7-10H,3-4,6,24H2,1-2H3;2H,1H3;1-2H3. The summed E-state index contributed by atoms with van der Waals surface area (Å²) in [5.74, 6) is -0.487. The Labute approximate surface area is 183 Å². The molecule has 3 rings (SSSR count). The van der Waals surface area contributed by atoms with E-state index in [9.17, 15) is 18.0 Å². The quantitative estimate of drug-likeness (QED) is 0.467. The van der Waals surface area contributed by atoms with Crippen molar-refractivity contribution in [2.24, 2.45) is 0 Å². The van der Waals surface area contributed by atoms with Crippen molar-refractivity contribution in [1.29, 1.82) is 0 Å². The fraction of sp³-hybridized carbons (Fsp3) is 0.455. The summed E-state index contributed by atoms with van der Waals surface area (Å²) in [4.78, 5) is 16.4. The molecule has 0 radical (unpaired) electrons. The van der Waals surface area contributed by atoms with Crippen LogP contribution in [0.3, 0.4) is 0 Å². The van der Waals surface area contributed by atoms with Crippen LogP contribution in [0.1, 0.15) is 50.2 Å². The minimum absolute atomic E-state index is 0.00885. The highest BCUT2D eigenvalue weighted by Crippen LogP contribution is 2.36. The SMILES string of the molecule is CC.CCOC(=O)c1cc(-c2ccc(P)cc2F)c2c(n1)OC(C)CC2.COC(F)F. The molecule has 5 nitrogen and oxygen atoms in total. The molecule has 0 saturated carbocycles. The lowest BCUT2D eigenvalue weighted by Crippen LogP contribution is -2.22. The molecule has 0 aliphatic carbocycles. The molecule has 1 aliphatic heterocycles. The molecular weight excluding hydrogens is 430 g/mol. The fourth-order valence-corrected chi connectivity index (χ4v) is 3.03. The fourth-order valence-electron chi connectivity index (χ4n) is 2.78. The van der Waals surface area contributed by atoms with Crippen LogP contribution in [0, 0.1) is 5.82 Å². The molecule has 172 valence electrons. The first-order valence-corrected chi connectivity index (χ1v) is 10.6. The summed E-state index contributed by atoms with van der Waals surface area (Å²) in [5.41, 5.74) is 2.03. The Hall–Kier alpha value is -2.18. The molecule has 1 aromatic carbocycles. The van der Waals surface area contributed by atoms with Crippen LogP contribution in [0.4, 0.5) is 13.2 Å². The molecule has 31 heavy (non-hydrogen) atoms. The van der Waals surface area contributed by atoms with E-state index in [1.807, 2.05) is 26.8 Å². The molecule has 0 bridgehead atoms. The maximum Gasteiger partial charge on any atom is 0.357 e. The Morgan fingerprint density at radius 1 is 1.29 bits per heavy atom. The minimum atomic E-state index is -2.62. The number of nitrogens with zero attached hydrogens (tertiary/aromatic N) is 1. The van der Waals surface area contributed by atoms with Crippen molar-refractivity contribution < 1.29 is 32.2 Å². The van der Waals surface area contributed by atoms with Gasteiger partial charge in [0.25, 0.3) is 0 Å². The number of alkyl halides is 2. The average molecular weight is 459 g/mol. The number of ether oxygens (including phenoxy) is 3. The van der Waals surface area contributed by atoms with Gasteiger partial charge in [0, 0.05) is 18.2 Å². The normalized spacial score (nSPS) is 14.3. The van der Waals surface area contributed by atoms with E-state index >= 15 is 0 Å². The molecule has 0 spiro atoms. The summed E-state index contributed by atoms with van der Waals surface area (Å²) in [6.07, 6.45) is 1.56. The first-order chi connectivity index (χ1) is 14.8. The van der Waals surface area contributed by atoms with Gasteiger partial charge < -0.3 is 14.2 Å². The van der Waals surface area contributed by atoms with Crippen LogP contribution < -0.4 is 10.0 Å². The lowest BCUT2D eigenvalue weighted by Gasteiger charge is -2.25. The van der Waals surface area contributed by atoms with E-state index in [0.29, 0.717) is 17.0 Å². The first-order valence-electron chi connectivity index (χ1n) is 10.0. The summed E-state index contributed by atoms with van der Waals surface area (Å²) in [7, 11) is 3.42. The maximum atomic E-state index is 14.5. The number of methoxy groups -OCH3 is 1. The van der Waals surface area contributed by atoms with Gasteiger partial charge >= 0.3 is 12.6 Å². The molecule has 9 heteroatoms. The highest BCUT2D eigenvalue weighted by Gasteiger charge is 2.25. The van der Waals surface area contributed by atoms with E-state index in [1.54, 1.807) is 19.1 Å². The van der Waals surface area contributed by atoms with Crippen LogP contribution in [-0.4, -0.2) is 37.4 Å². The zero-order chi connectivity index (χ0) is 23.6. The molecular formula is C22H29F3NO4P. The Balaban J connectivity index is 0.000000605. The number of halogens is 3. The van der Waals surface area contributed by atoms with Gasteiger partial charge in [-0.05, 0) is 49.7 Å². The third-order valence-electron chi connectivity index (χ3n) is 4.15. The van der Waals surface area contributed by atoms with Crippen molar-refractivity contribution in [3.05, 3.63) is 41.3 Å². The smallest absolute Gasteiger partial charge is 0.357 e. The molecule has 2 aromatic rings. The van der Waals surface area contributed by atoms with Gasteiger partial charge in [0.15, 0.2) is 5.69 Å². The molecule has 0 saturated heterocycles. The molecule has 0 N–H and O–H groups in total. The highest BCUT2D eigenvalue weighted by molar-refractivity contribution is 7.27. The van der Waals surface area contributed by atoms with E-state index in [4.69, 9.17) is 9.47 Å². The van der Waals surface area contributed by atoms with E-state index in [2.05, 4.69) is 19.0 Å². The first kappa shape index (κ1) is 26.9. The number of rotatable bonds is 4. The monoisotopic (exact) mass is 459 g/mol. The predicted molar refractivity (Wildman–Crippen MR) is 118 cm³/mol. The molecule has 0 amide bonds. The largest absolute Gasteiger partial charge is 0.474 e. The van der Waals surface area contributed by atoms with Crippen molar-refractivity contribution in [2.45, 2.75) is 53.3 Å². The summed E-state index contributed by atoms with van der Waals surface area (Å²) in [6.45, 7) is 5.31. The molecule has 0 fully saturated rings. The number of pyridine rings is 1. The molecule has 1 aromatic heterocycles. The predicted octanol–water partition coefficient (Wildman–Crippen LogP) is 5.16. The van der Waals surface area contributed by atoms with Crippen molar-refractivity contribution in [3.8, 4) is 17.0 Å². The Kier molecular flexibility index (Phi) is 11.5. The van der Waals surface area contributed by atoms with Gasteiger partial charge in [0.05, 0.1) is 12.7 Å². The summed E-state index contributed by atoms with van der Waals surface area (Å²) < 4.78 is 49.8. The number of aromatic nitrogens is 1. The van der Waals surface area contributed by atoms with Gasteiger partial charge in [0.2, 0.25) is 5.88 Å². The third-order valence-corrected chi connectivity index (χ3v) is 4.51. The van der Waals surface area contributed by atoms with E-state index < -0.39 is 12.6 Å². The second-order valence-electron chi connectivity index (χ2n) is 6.26. The Morgan fingerprint density at radius 2 is 1.94 bits per heavy atom. The van der Waals surface area contributed by atoms with Crippen LogP contribution in [0.2, 0.25) is 0 Å². The van der Waals surface area contributed by atoms with Gasteiger partial charge in [-0.1, -0.05) is 26.0 Å². The summed E-state index contributed by atoms with van der Waals surface area (Å²) in [5, 5.41) is 0.759. The number of benzene rings is 1. The zero-order valence-corrected chi connectivity index (χ0v) is 19.5. The molecule has 1 aliphatic rings. The zero-order valence-electron chi connectivity index (χ0n) is 18.4. The van der Waals surface area contributed by atoms with E-state index in [-0.39, 0.29) is 24.2 Å². The molecule has 2 heterocycles. The number of fused-ring (bicyclic) bond motifs is 1. The Morgan fingerprint density at radius 3 is 2.48 bits per heavy atom. The van der Waals surface area contributed by atoms with Gasteiger partial charge in [-0.2, -0.15) is 8.78 Å². The van der Waals surface area contributed by atoms with Crippen LogP contribution >= 0.6 is 9.24 Å². The number of carbonyl (C=O) groups is 1. The summed E-state index contributed by atoms with van der Waals surface area (Å²) >= 11 is 0. The lowest BCUT2D eigenvalue weighted by atomic mass is 9.94. The highest BCUT2D eigenvalue weighted by atomic mass is 31.0. The van der Waals surface area contributed by atoms with Crippen LogP contribution in [0.15, 0.2) is 24.3 Å². The molecule has 2 atom stereocenters. The van der Waals surface area contributed by atoms with E-state index in [1.165, 1.54) is 6.07 Å². The minimum Gasteiger partial charge on any atom is -0.474 e. The number of esters is 1. The van der Waals surface area contributed by atoms with Crippen molar-refractivity contribution in [3.63, 3.8) is 0 Å². The van der Waals surface area contributed by atoms with Crippen LogP contribution in [0.5, 0.6) is 5.88 Å². The maximum absolute atomic E-state index is 14.5. The van der Waals surface area contributed by atoms with Crippen LogP contribution in [-0.2, 0) is 15.9 Å². The Bertz CT molecular complexity index is 865. The number of carbonyl (C=O) groups excluding carboxylic acids is 1. The topological polar surface area (TPSA) is 57.7 Å². The third kappa shape index (κ3) is 7.78. The second kappa shape index (κ2) is 13.3.